The van der Waals surface area contributed by atoms with E-state index in [1.165, 1.54) is 70.9 Å². The first-order valence-electron chi connectivity index (χ1n) is 16.8. The maximum absolute atomic E-state index is 12.5. The number of ether oxygens (including phenoxy) is 4. The van der Waals surface area contributed by atoms with E-state index in [-0.39, 0.29) is 62.4 Å². The SMILES string of the molecule is COc1cc(N=Nc2cc(OC)c(N=Nc3c(S(=O)(=O)O)cc4cc(Nc5ccccc5)ccc4c3O)cc2OC)c(OC)cc1N=Nc1ccc(O)c(C(=O)O)c1. The van der Waals surface area contributed by atoms with Crippen molar-refractivity contribution in [2.24, 2.45) is 30.7 Å². The first-order valence-corrected chi connectivity index (χ1v) is 18.2. The highest BCUT2D eigenvalue weighted by Crippen LogP contribution is 2.46. The summed E-state index contributed by atoms with van der Waals surface area (Å²) in [6.07, 6.45) is 0. The van der Waals surface area contributed by atoms with Gasteiger partial charge in [0.25, 0.3) is 10.1 Å². The number of nitrogens with zero attached hydrogens (tertiary/aromatic N) is 6. The number of hydrogen-bond acceptors (Lipinski definition) is 16. The van der Waals surface area contributed by atoms with Gasteiger partial charge in [0.15, 0.2) is 5.75 Å². The highest BCUT2D eigenvalue weighted by molar-refractivity contribution is 7.86. The molecular weight excluding hydrogens is 775 g/mol. The lowest BCUT2D eigenvalue weighted by molar-refractivity contribution is 0.0693. The Morgan fingerprint density at radius 3 is 1.62 bits per heavy atom. The number of benzene rings is 6. The molecule has 296 valence electrons. The van der Waals surface area contributed by atoms with E-state index >= 15 is 0 Å². The number of azo groups is 3. The molecule has 0 aliphatic heterocycles. The summed E-state index contributed by atoms with van der Waals surface area (Å²) in [7, 11) is 0.598. The highest BCUT2D eigenvalue weighted by Gasteiger charge is 2.23. The van der Waals surface area contributed by atoms with Crippen molar-refractivity contribution in [1.82, 2.24) is 0 Å². The molecule has 6 aromatic carbocycles. The van der Waals surface area contributed by atoms with Crippen molar-refractivity contribution < 1.29 is 52.0 Å². The summed E-state index contributed by atoms with van der Waals surface area (Å²) in [6, 6.07) is 24.8. The van der Waals surface area contributed by atoms with Gasteiger partial charge in [0.2, 0.25) is 0 Å². The van der Waals surface area contributed by atoms with E-state index in [2.05, 4.69) is 36.0 Å². The fourth-order valence-electron chi connectivity index (χ4n) is 5.54. The van der Waals surface area contributed by atoms with Crippen molar-refractivity contribution >= 4 is 72.4 Å². The first-order chi connectivity index (χ1) is 27.8. The number of phenols is 2. The van der Waals surface area contributed by atoms with Crippen LogP contribution in [0.3, 0.4) is 0 Å². The summed E-state index contributed by atoms with van der Waals surface area (Å²) in [5, 5.41) is 59.1. The molecule has 0 bridgehead atoms. The van der Waals surface area contributed by atoms with Crippen LogP contribution in [0.2, 0.25) is 0 Å². The van der Waals surface area contributed by atoms with Crippen LogP contribution >= 0.6 is 0 Å². The van der Waals surface area contributed by atoms with Gasteiger partial charge in [-0.05, 0) is 60.0 Å². The summed E-state index contributed by atoms with van der Waals surface area (Å²) in [5.41, 5.74) is 1.29. The molecule has 58 heavy (non-hydrogen) atoms. The number of fused-ring (bicyclic) bond motifs is 1. The Morgan fingerprint density at radius 2 is 1.12 bits per heavy atom. The molecule has 0 radical (unpaired) electrons. The van der Waals surface area contributed by atoms with E-state index in [0.29, 0.717) is 11.1 Å². The van der Waals surface area contributed by atoms with E-state index in [4.69, 9.17) is 18.9 Å². The van der Waals surface area contributed by atoms with Crippen LogP contribution in [0.1, 0.15) is 10.4 Å². The second-order valence-electron chi connectivity index (χ2n) is 12.0. The minimum Gasteiger partial charge on any atom is -0.507 e. The van der Waals surface area contributed by atoms with Crippen LogP contribution in [0.15, 0.2) is 133 Å². The maximum atomic E-state index is 12.5. The van der Waals surface area contributed by atoms with Crippen molar-refractivity contribution in [2.75, 3.05) is 33.8 Å². The van der Waals surface area contributed by atoms with Crippen LogP contribution in [-0.2, 0) is 10.1 Å². The summed E-state index contributed by atoms with van der Waals surface area (Å²) < 4.78 is 57.2. The molecule has 18 nitrogen and oxygen atoms in total. The molecule has 0 aromatic heterocycles. The zero-order valence-corrected chi connectivity index (χ0v) is 31.8. The van der Waals surface area contributed by atoms with Gasteiger partial charge < -0.3 is 39.6 Å². The number of aromatic carboxylic acids is 1. The molecular formula is C39H33N7O11S. The number of anilines is 2. The average molecular weight is 808 g/mol. The van der Waals surface area contributed by atoms with E-state index in [1.807, 2.05) is 30.3 Å². The number of rotatable bonds is 14. The summed E-state index contributed by atoms with van der Waals surface area (Å²) in [4.78, 5) is 10.7. The Labute approximate surface area is 330 Å². The Bertz CT molecular complexity index is 2740. The van der Waals surface area contributed by atoms with Crippen molar-refractivity contribution in [3.05, 3.63) is 103 Å². The molecule has 0 saturated heterocycles. The smallest absolute Gasteiger partial charge is 0.339 e. The molecule has 5 N–H and O–H groups in total. The third-order valence-electron chi connectivity index (χ3n) is 8.36. The number of carbonyl (C=O) groups is 1. The van der Waals surface area contributed by atoms with E-state index in [0.717, 1.165) is 11.8 Å². The van der Waals surface area contributed by atoms with Gasteiger partial charge in [-0.3, -0.25) is 4.55 Å². The van der Waals surface area contributed by atoms with Gasteiger partial charge in [0.05, 0.1) is 34.1 Å². The topological polar surface area (TPSA) is 255 Å². The van der Waals surface area contributed by atoms with Crippen LogP contribution < -0.4 is 24.3 Å². The number of carboxylic acids is 1. The van der Waals surface area contributed by atoms with Crippen molar-refractivity contribution in [3.63, 3.8) is 0 Å². The third-order valence-corrected chi connectivity index (χ3v) is 9.23. The first kappa shape index (κ1) is 40.0. The van der Waals surface area contributed by atoms with Crippen LogP contribution in [0.5, 0.6) is 34.5 Å². The predicted molar refractivity (Wildman–Crippen MR) is 212 cm³/mol. The van der Waals surface area contributed by atoms with Crippen molar-refractivity contribution in [2.45, 2.75) is 4.90 Å². The molecule has 6 aromatic rings. The van der Waals surface area contributed by atoms with Gasteiger partial charge in [-0.1, -0.05) is 18.2 Å². The number of carboxylic acid groups (broad SMARTS) is 1. The number of nitrogens with one attached hydrogen (secondary N) is 1. The van der Waals surface area contributed by atoms with Crippen molar-refractivity contribution in [1.29, 1.82) is 0 Å². The lowest BCUT2D eigenvalue weighted by Gasteiger charge is -2.12. The fourth-order valence-corrected chi connectivity index (χ4v) is 6.19. The van der Waals surface area contributed by atoms with Gasteiger partial charge in [0, 0.05) is 41.0 Å². The van der Waals surface area contributed by atoms with Crippen LogP contribution in [0, 0.1) is 0 Å². The Balaban J connectivity index is 1.32. The second-order valence-corrected chi connectivity index (χ2v) is 13.4. The molecule has 0 saturated carbocycles. The van der Waals surface area contributed by atoms with Gasteiger partial charge in [-0.25, -0.2) is 4.79 Å². The lowest BCUT2D eigenvalue weighted by atomic mass is 10.1. The third kappa shape index (κ3) is 8.75. The minimum absolute atomic E-state index is 0.0413. The van der Waals surface area contributed by atoms with E-state index < -0.39 is 38.2 Å². The number of phenolic OH excluding ortho intramolecular Hbond substituents is 1. The normalized spacial score (nSPS) is 11.7. The zero-order chi connectivity index (χ0) is 41.6. The second kappa shape index (κ2) is 17.0. The Morgan fingerprint density at radius 1 is 0.603 bits per heavy atom. The molecule has 0 amide bonds. The van der Waals surface area contributed by atoms with Gasteiger partial charge in [0.1, 0.15) is 67.6 Å². The van der Waals surface area contributed by atoms with Crippen molar-refractivity contribution in [3.8, 4) is 34.5 Å². The quantitative estimate of drug-likeness (QED) is 0.0509. The number of hydrogen-bond donors (Lipinski definition) is 5. The Hall–Kier alpha value is -7.64. The van der Waals surface area contributed by atoms with Crippen LogP contribution in [-0.4, -0.2) is 62.7 Å². The van der Waals surface area contributed by atoms with E-state index in [9.17, 15) is 33.1 Å². The summed E-state index contributed by atoms with van der Waals surface area (Å²) in [5.74, 6) is -1.64. The average Bonchev–Trinajstić information content (AvgIpc) is 3.21. The van der Waals surface area contributed by atoms with Gasteiger partial charge in [-0.15, -0.1) is 25.6 Å². The van der Waals surface area contributed by atoms with Crippen LogP contribution in [0.4, 0.5) is 45.5 Å². The monoisotopic (exact) mass is 807 g/mol. The molecule has 0 heterocycles. The molecule has 0 fully saturated rings. The molecule has 6 rings (SSSR count). The largest absolute Gasteiger partial charge is 0.507 e. The summed E-state index contributed by atoms with van der Waals surface area (Å²) in [6.45, 7) is 0. The zero-order valence-electron chi connectivity index (χ0n) is 31.0. The van der Waals surface area contributed by atoms with E-state index in [1.54, 1.807) is 18.2 Å². The van der Waals surface area contributed by atoms with Gasteiger partial charge in [-0.2, -0.15) is 13.5 Å². The van der Waals surface area contributed by atoms with Crippen LogP contribution in [0.25, 0.3) is 10.8 Å². The molecule has 0 spiro atoms. The highest BCUT2D eigenvalue weighted by atomic mass is 32.2. The lowest BCUT2D eigenvalue weighted by Crippen LogP contribution is -1.99. The summed E-state index contributed by atoms with van der Waals surface area (Å²) >= 11 is 0. The minimum atomic E-state index is -4.90. The Kier molecular flexibility index (Phi) is 11.7. The fraction of sp³-hybridized carbons (Fsp3) is 0.103. The molecule has 0 aliphatic rings. The number of para-hydroxylation sites is 1. The molecule has 0 aliphatic carbocycles. The number of aromatic hydroxyl groups is 2. The predicted octanol–water partition coefficient (Wildman–Crippen LogP) is 10.2. The van der Waals surface area contributed by atoms with Gasteiger partial charge >= 0.3 is 5.97 Å². The molecule has 19 heteroatoms. The molecule has 0 atom stereocenters. The number of methoxy groups -OCH3 is 4. The molecule has 0 unspecified atom stereocenters. The standard InChI is InChI=1S/C39H33N7O11S/c1-54-32-18-28(33(55-2)17-27(32)42-41-24-11-13-31(47)26(16-24)39(49)50)43-44-29-19-35(57-4)30(20-34(29)56-3)45-46-37-36(58(51,52)53)15-21-14-23(10-12-25(21)38(37)48)40-22-8-6-5-7-9-22/h5-20,40,47-48H,1-4H3,(H,49,50)(H,51,52,53). The maximum Gasteiger partial charge on any atom is 0.339 e.